The number of carbonyl (C=O) groups is 2. The van der Waals surface area contributed by atoms with Crippen molar-refractivity contribution < 1.29 is 18.7 Å². The van der Waals surface area contributed by atoms with Crippen molar-refractivity contribution in [2.75, 3.05) is 5.32 Å². The summed E-state index contributed by atoms with van der Waals surface area (Å²) >= 11 is 0. The first-order valence-electron chi connectivity index (χ1n) is 10.3. The van der Waals surface area contributed by atoms with E-state index in [0.29, 0.717) is 28.9 Å². The summed E-state index contributed by atoms with van der Waals surface area (Å²) in [5, 5.41) is 9.79. The number of alkyl carbamates (subject to hydrolysis) is 1. The van der Waals surface area contributed by atoms with Crippen LogP contribution in [0.25, 0.3) is 11.3 Å². The second-order valence-electron chi connectivity index (χ2n) is 8.54. The molecule has 2 atom stereocenters. The van der Waals surface area contributed by atoms with Gasteiger partial charge >= 0.3 is 6.09 Å². The minimum absolute atomic E-state index is 0.248. The van der Waals surface area contributed by atoms with Gasteiger partial charge in [-0.25, -0.2) is 9.18 Å². The molecule has 2 aromatic rings. The predicted molar refractivity (Wildman–Crippen MR) is 124 cm³/mol. The molecule has 2 N–H and O–H groups in total. The van der Waals surface area contributed by atoms with Gasteiger partial charge in [-0.3, -0.25) is 9.48 Å². The van der Waals surface area contributed by atoms with Crippen LogP contribution in [0.3, 0.4) is 0 Å². The van der Waals surface area contributed by atoms with Gasteiger partial charge < -0.3 is 15.4 Å². The number of hydrogen-bond donors (Lipinski definition) is 2. The summed E-state index contributed by atoms with van der Waals surface area (Å²) in [5.41, 5.74) is 1.35. The molecule has 0 radical (unpaired) electrons. The Bertz CT molecular complexity index is 1010. The van der Waals surface area contributed by atoms with Gasteiger partial charge in [-0.2, -0.15) is 5.10 Å². The van der Waals surface area contributed by atoms with E-state index in [0.717, 1.165) is 0 Å². The minimum Gasteiger partial charge on any atom is -0.444 e. The topological polar surface area (TPSA) is 85.2 Å². The number of halogens is 1. The van der Waals surface area contributed by atoms with Gasteiger partial charge in [0.25, 0.3) is 0 Å². The molecule has 0 saturated carbocycles. The molecule has 0 aliphatic carbocycles. The van der Waals surface area contributed by atoms with Gasteiger partial charge in [0, 0.05) is 12.6 Å². The van der Waals surface area contributed by atoms with Crippen molar-refractivity contribution >= 4 is 17.7 Å². The zero-order valence-corrected chi connectivity index (χ0v) is 19.2. The van der Waals surface area contributed by atoms with Gasteiger partial charge in [-0.15, -0.1) is 13.2 Å². The van der Waals surface area contributed by atoms with Crippen LogP contribution >= 0.6 is 0 Å². The predicted octanol–water partition coefficient (Wildman–Crippen LogP) is 5.13. The van der Waals surface area contributed by atoms with E-state index in [9.17, 15) is 14.0 Å². The first kappa shape index (κ1) is 24.8. The minimum atomic E-state index is -0.666. The molecule has 0 bridgehead atoms. The molecule has 1 heterocycles. The van der Waals surface area contributed by atoms with Crippen LogP contribution in [0, 0.1) is 11.7 Å². The number of ether oxygens (including phenoxy) is 1. The highest BCUT2D eigenvalue weighted by atomic mass is 19.1. The summed E-state index contributed by atoms with van der Waals surface area (Å²) in [5.74, 6) is -1.14. The van der Waals surface area contributed by atoms with E-state index in [2.05, 4.69) is 28.9 Å². The number of rotatable bonds is 8. The van der Waals surface area contributed by atoms with Crippen molar-refractivity contribution in [1.82, 2.24) is 15.1 Å². The number of amides is 2. The van der Waals surface area contributed by atoms with Gasteiger partial charge in [0.05, 0.1) is 29.5 Å². The van der Waals surface area contributed by atoms with E-state index in [1.54, 1.807) is 51.6 Å². The fourth-order valence-electron chi connectivity index (χ4n) is 3.07. The van der Waals surface area contributed by atoms with Gasteiger partial charge in [-0.05, 0) is 51.0 Å². The Kier molecular flexibility index (Phi) is 7.97. The molecule has 2 rings (SSSR count). The van der Waals surface area contributed by atoms with Crippen molar-refractivity contribution in [3.63, 3.8) is 0 Å². The molecule has 2 unspecified atom stereocenters. The van der Waals surface area contributed by atoms with Gasteiger partial charge in [0.1, 0.15) is 11.4 Å². The third-order valence-corrected chi connectivity index (χ3v) is 4.65. The van der Waals surface area contributed by atoms with Crippen molar-refractivity contribution in [1.29, 1.82) is 0 Å². The number of nitrogens with zero attached hydrogens (tertiary/aromatic N) is 2. The fourth-order valence-corrected chi connectivity index (χ4v) is 3.07. The second kappa shape index (κ2) is 10.3. The summed E-state index contributed by atoms with van der Waals surface area (Å²) in [7, 11) is 1.70. The van der Waals surface area contributed by atoms with E-state index in [1.165, 1.54) is 24.4 Å². The largest absolute Gasteiger partial charge is 0.444 e. The Balaban J connectivity index is 2.43. The van der Waals surface area contributed by atoms with Crippen LogP contribution in [0.5, 0.6) is 0 Å². The summed E-state index contributed by atoms with van der Waals surface area (Å²) < 4.78 is 21.5. The molecule has 0 aliphatic heterocycles. The number of nitrogens with one attached hydrogen (secondary N) is 2. The lowest BCUT2D eigenvalue weighted by molar-refractivity contribution is -0.118. The standard InChI is InChI=1S/C24H31FN4O3/c1-8-10-19(28-23(31)32-24(4,5)6)16-11-17(13-18(25)12-16)21-20(14-26-29(21)7)27-22(30)15(3)9-2/h8-9,11-15,19H,1-2,10H2,3-7H3,(H,27,30)(H,28,31). The molecule has 0 spiro atoms. The summed E-state index contributed by atoms with van der Waals surface area (Å²) in [6.07, 6.45) is 4.44. The third-order valence-electron chi connectivity index (χ3n) is 4.65. The van der Waals surface area contributed by atoms with Crippen molar-refractivity contribution in [2.24, 2.45) is 13.0 Å². The summed E-state index contributed by atoms with van der Waals surface area (Å²) in [6.45, 7) is 14.4. The SMILES string of the molecule is C=CCC(NC(=O)OC(C)(C)C)c1cc(F)cc(-c2c(NC(=O)C(C)C=C)cnn2C)c1. The van der Waals surface area contributed by atoms with Crippen LogP contribution in [0.15, 0.2) is 49.7 Å². The number of aryl methyl sites for hydroxylation is 1. The Labute approximate surface area is 188 Å². The zero-order valence-electron chi connectivity index (χ0n) is 19.2. The highest BCUT2D eigenvalue weighted by molar-refractivity contribution is 5.96. The first-order valence-corrected chi connectivity index (χ1v) is 10.3. The van der Waals surface area contributed by atoms with E-state index in [4.69, 9.17) is 4.74 Å². The average Bonchev–Trinajstić information content (AvgIpc) is 3.05. The molecule has 32 heavy (non-hydrogen) atoms. The monoisotopic (exact) mass is 442 g/mol. The molecule has 0 fully saturated rings. The van der Waals surface area contributed by atoms with Gasteiger partial charge in [-0.1, -0.05) is 19.1 Å². The van der Waals surface area contributed by atoms with Crippen molar-refractivity contribution in [2.45, 2.75) is 45.8 Å². The molecule has 2 amide bonds. The quantitative estimate of drug-likeness (QED) is 0.555. The van der Waals surface area contributed by atoms with E-state index in [1.807, 2.05) is 0 Å². The molecule has 172 valence electrons. The van der Waals surface area contributed by atoms with Gasteiger partial charge in [0.15, 0.2) is 0 Å². The number of hydrogen-bond acceptors (Lipinski definition) is 4. The number of benzene rings is 1. The number of anilines is 1. The van der Waals surface area contributed by atoms with E-state index >= 15 is 0 Å². The Morgan fingerprint density at radius 3 is 2.56 bits per heavy atom. The molecular weight excluding hydrogens is 411 g/mol. The molecule has 0 aliphatic rings. The zero-order chi connectivity index (χ0) is 24.1. The van der Waals surface area contributed by atoms with Crippen LogP contribution < -0.4 is 10.6 Å². The highest BCUT2D eigenvalue weighted by Crippen LogP contribution is 2.31. The smallest absolute Gasteiger partial charge is 0.408 e. The molecule has 7 nitrogen and oxygen atoms in total. The maximum absolute atomic E-state index is 14.6. The maximum Gasteiger partial charge on any atom is 0.408 e. The third kappa shape index (κ3) is 6.54. The Morgan fingerprint density at radius 1 is 1.28 bits per heavy atom. The maximum atomic E-state index is 14.6. The summed E-state index contributed by atoms with van der Waals surface area (Å²) in [6, 6.07) is 3.90. The summed E-state index contributed by atoms with van der Waals surface area (Å²) in [4.78, 5) is 24.6. The van der Waals surface area contributed by atoms with Crippen LogP contribution in [0.4, 0.5) is 14.9 Å². The van der Waals surface area contributed by atoms with Crippen LogP contribution in [0.1, 0.15) is 45.7 Å². The second-order valence-corrected chi connectivity index (χ2v) is 8.54. The molecule has 1 aromatic heterocycles. The Hall–Kier alpha value is -3.42. The number of carbonyl (C=O) groups excluding carboxylic acids is 2. The molecule has 1 aromatic carbocycles. The van der Waals surface area contributed by atoms with Crippen LogP contribution in [-0.4, -0.2) is 27.4 Å². The van der Waals surface area contributed by atoms with Crippen molar-refractivity contribution in [3.05, 3.63) is 61.1 Å². The fraction of sp³-hybridized carbons (Fsp3) is 0.375. The van der Waals surface area contributed by atoms with Crippen molar-refractivity contribution in [3.8, 4) is 11.3 Å². The molecule has 0 saturated heterocycles. The highest BCUT2D eigenvalue weighted by Gasteiger charge is 2.22. The van der Waals surface area contributed by atoms with Crippen LogP contribution in [0.2, 0.25) is 0 Å². The van der Waals surface area contributed by atoms with E-state index in [-0.39, 0.29) is 5.91 Å². The lowest BCUT2D eigenvalue weighted by atomic mass is 9.99. The van der Waals surface area contributed by atoms with Crippen LogP contribution in [-0.2, 0) is 16.6 Å². The molecule has 8 heteroatoms. The lowest BCUT2D eigenvalue weighted by Crippen LogP contribution is -2.34. The normalized spacial score (nSPS) is 13.1. The van der Waals surface area contributed by atoms with Gasteiger partial charge in [0.2, 0.25) is 5.91 Å². The average molecular weight is 443 g/mol. The van der Waals surface area contributed by atoms with E-state index < -0.39 is 29.5 Å². The lowest BCUT2D eigenvalue weighted by Gasteiger charge is -2.24. The first-order chi connectivity index (χ1) is 14.9. The molecular formula is C24H31FN4O3. The Morgan fingerprint density at radius 2 is 1.97 bits per heavy atom. The number of aromatic nitrogens is 2.